The van der Waals surface area contributed by atoms with Gasteiger partial charge in [-0.3, -0.25) is 4.18 Å². The highest BCUT2D eigenvalue weighted by molar-refractivity contribution is 7.91. The van der Waals surface area contributed by atoms with E-state index in [4.69, 9.17) is 18.8 Å². The molecule has 296 valence electrons. The van der Waals surface area contributed by atoms with E-state index in [1.165, 1.54) is 12.1 Å². The van der Waals surface area contributed by atoms with Crippen LogP contribution in [0.3, 0.4) is 0 Å². The number of ether oxygens (including phenoxy) is 2. The lowest BCUT2D eigenvalue weighted by Gasteiger charge is -2.41. The molecular formula is C43H46O10S3. The molecular weight excluding hydrogens is 773 g/mol. The summed E-state index contributed by atoms with van der Waals surface area (Å²) >= 11 is 0. The van der Waals surface area contributed by atoms with Crippen molar-refractivity contribution in [2.45, 2.75) is 45.3 Å². The highest BCUT2D eigenvalue weighted by Gasteiger charge is 2.45. The topological polar surface area (TPSA) is 150 Å². The lowest BCUT2D eigenvalue weighted by Crippen LogP contribution is -2.51. The predicted molar refractivity (Wildman–Crippen MR) is 214 cm³/mol. The molecule has 56 heavy (non-hydrogen) atoms. The van der Waals surface area contributed by atoms with Gasteiger partial charge in [-0.25, -0.2) is 16.8 Å². The molecule has 2 aliphatic heterocycles. The molecule has 1 N–H and O–H groups in total. The minimum Gasteiger partial charge on any atom is -0.396 e. The van der Waals surface area contributed by atoms with E-state index in [2.05, 4.69) is 0 Å². The molecule has 0 unspecified atom stereocenters. The molecule has 5 aromatic rings. The maximum Gasteiger partial charge on any atom is 0.296 e. The molecule has 5 aromatic carbocycles. The molecule has 0 atom stereocenters. The van der Waals surface area contributed by atoms with E-state index in [1.807, 2.05) is 55.5 Å². The van der Waals surface area contributed by atoms with Gasteiger partial charge in [-0.15, -0.1) is 0 Å². The van der Waals surface area contributed by atoms with Crippen LogP contribution in [0.5, 0.6) is 0 Å². The second-order valence-corrected chi connectivity index (χ2v) is 20.0. The SMILES string of the molecule is Cc1ccc(S(=O)(=O)OCCc2ccc(C3(CS(=O)(=O)c4ccccc4)COC3)cc2)cc1.O=S(=O)(CC1(c2ccc(CCO)cc2)COC1)c1ccccc1. The Balaban J connectivity index is 0.000000202. The van der Waals surface area contributed by atoms with E-state index >= 15 is 0 Å². The number of sulfone groups is 2. The first-order valence-corrected chi connectivity index (χ1v) is 22.9. The summed E-state index contributed by atoms with van der Waals surface area (Å²) in [6.45, 7) is 3.53. The summed E-state index contributed by atoms with van der Waals surface area (Å²) in [7, 11) is -10.6. The van der Waals surface area contributed by atoms with Crippen LogP contribution in [0.25, 0.3) is 0 Å². The summed E-state index contributed by atoms with van der Waals surface area (Å²) in [6.07, 6.45) is 1.02. The Morgan fingerprint density at radius 2 is 0.946 bits per heavy atom. The quantitative estimate of drug-likeness (QED) is 0.131. The summed E-state index contributed by atoms with van der Waals surface area (Å²) in [5.74, 6) is 0.0185. The van der Waals surface area contributed by atoms with Crippen molar-refractivity contribution in [2.24, 2.45) is 0 Å². The van der Waals surface area contributed by atoms with Crippen LogP contribution in [0.1, 0.15) is 27.8 Å². The highest BCUT2D eigenvalue weighted by Crippen LogP contribution is 2.37. The average molecular weight is 819 g/mol. The molecule has 2 saturated heterocycles. The van der Waals surface area contributed by atoms with Crippen molar-refractivity contribution in [3.63, 3.8) is 0 Å². The van der Waals surface area contributed by atoms with Gasteiger partial charge in [-0.2, -0.15) is 8.42 Å². The fraction of sp³-hybridized carbons (Fsp3) is 0.302. The number of hydrogen-bond acceptors (Lipinski definition) is 10. The van der Waals surface area contributed by atoms with Gasteiger partial charge in [0.15, 0.2) is 19.7 Å². The molecule has 0 spiro atoms. The number of aliphatic hydroxyl groups is 1. The Bertz CT molecular complexity index is 2370. The van der Waals surface area contributed by atoms with Gasteiger partial charge in [-0.05, 0) is 78.4 Å². The Morgan fingerprint density at radius 1 is 0.536 bits per heavy atom. The number of aryl methyl sites for hydroxylation is 1. The van der Waals surface area contributed by atoms with E-state index in [9.17, 15) is 25.3 Å². The lowest BCUT2D eigenvalue weighted by atomic mass is 9.80. The van der Waals surface area contributed by atoms with Gasteiger partial charge in [0.2, 0.25) is 0 Å². The third-order valence-electron chi connectivity index (χ3n) is 10.1. The lowest BCUT2D eigenvalue weighted by molar-refractivity contribution is -0.0481. The molecule has 0 aromatic heterocycles. The Labute approximate surface area is 330 Å². The van der Waals surface area contributed by atoms with E-state index in [1.54, 1.807) is 72.8 Å². The zero-order valence-electron chi connectivity index (χ0n) is 31.1. The first kappa shape index (κ1) is 41.4. The molecule has 0 bridgehead atoms. The monoisotopic (exact) mass is 818 g/mol. The fourth-order valence-electron chi connectivity index (χ4n) is 6.73. The van der Waals surface area contributed by atoms with Crippen molar-refractivity contribution in [1.29, 1.82) is 0 Å². The van der Waals surface area contributed by atoms with Crippen molar-refractivity contribution in [2.75, 3.05) is 51.1 Å². The summed E-state index contributed by atoms with van der Waals surface area (Å²) in [5.41, 5.74) is 3.72. The molecule has 7 rings (SSSR count). The van der Waals surface area contributed by atoms with Crippen molar-refractivity contribution in [3.8, 4) is 0 Å². The first-order chi connectivity index (χ1) is 26.8. The molecule has 13 heteroatoms. The summed E-state index contributed by atoms with van der Waals surface area (Å²) in [6, 6.07) is 38.8. The van der Waals surface area contributed by atoms with E-state index in [0.29, 0.717) is 49.1 Å². The Morgan fingerprint density at radius 3 is 1.32 bits per heavy atom. The summed E-state index contributed by atoms with van der Waals surface area (Å²) in [5, 5.41) is 8.99. The number of aliphatic hydroxyl groups excluding tert-OH is 1. The smallest absolute Gasteiger partial charge is 0.296 e. The summed E-state index contributed by atoms with van der Waals surface area (Å²) in [4.78, 5) is 0.790. The van der Waals surface area contributed by atoms with Gasteiger partial charge >= 0.3 is 0 Å². The van der Waals surface area contributed by atoms with Gasteiger partial charge in [-0.1, -0.05) is 103 Å². The van der Waals surface area contributed by atoms with Crippen LogP contribution in [0, 0.1) is 6.92 Å². The number of rotatable bonds is 15. The van der Waals surface area contributed by atoms with Gasteiger partial charge < -0.3 is 14.6 Å². The molecule has 0 aliphatic carbocycles. The standard InChI is InChI=1S/C25H26O6S2.C18H20O4S/c1-20-7-13-24(14-8-20)33(28,29)31-16-15-21-9-11-22(12-10-21)25(17-30-18-25)19-32(26,27)23-5-3-2-4-6-23;19-11-10-15-6-8-16(9-7-15)18(12-22-13-18)14-23(20,21)17-4-2-1-3-5-17/h2-14H,15-19H2,1H3;1-9,19H,10-14H2. The van der Waals surface area contributed by atoms with E-state index < -0.39 is 40.6 Å². The average Bonchev–Trinajstić information content (AvgIpc) is 3.17. The normalized spacial score (nSPS) is 16.1. The fourth-order valence-corrected chi connectivity index (χ4v) is 11.2. The Kier molecular flexibility index (Phi) is 13.0. The van der Waals surface area contributed by atoms with Crippen molar-refractivity contribution in [1.82, 2.24) is 0 Å². The van der Waals surface area contributed by atoms with Gasteiger partial charge in [0.05, 0.1) is 70.1 Å². The maximum atomic E-state index is 12.9. The van der Waals surface area contributed by atoms with E-state index in [-0.39, 0.29) is 29.6 Å². The van der Waals surface area contributed by atoms with Crippen molar-refractivity contribution < 1.29 is 44.0 Å². The second kappa shape index (κ2) is 17.5. The molecule has 0 radical (unpaired) electrons. The Hall–Kier alpha value is -4.21. The van der Waals surface area contributed by atoms with Gasteiger partial charge in [0.1, 0.15) is 0 Å². The second-order valence-electron chi connectivity index (χ2n) is 14.4. The van der Waals surface area contributed by atoms with Crippen LogP contribution < -0.4 is 0 Å². The molecule has 0 saturated carbocycles. The minimum atomic E-state index is -3.80. The zero-order chi connectivity index (χ0) is 39.9. The van der Waals surface area contributed by atoms with Crippen molar-refractivity contribution in [3.05, 3.63) is 161 Å². The minimum absolute atomic E-state index is 0.0200. The molecule has 10 nitrogen and oxygen atoms in total. The third-order valence-corrected chi connectivity index (χ3v) is 15.3. The molecule has 0 amide bonds. The maximum absolute atomic E-state index is 12.9. The van der Waals surface area contributed by atoms with Gasteiger partial charge in [0, 0.05) is 6.61 Å². The molecule has 2 heterocycles. The van der Waals surface area contributed by atoms with Crippen LogP contribution >= 0.6 is 0 Å². The zero-order valence-corrected chi connectivity index (χ0v) is 33.6. The molecule has 2 fully saturated rings. The predicted octanol–water partition coefficient (Wildman–Crippen LogP) is 5.65. The highest BCUT2D eigenvalue weighted by atomic mass is 32.2. The van der Waals surface area contributed by atoms with Crippen molar-refractivity contribution >= 4 is 29.8 Å². The molecule has 2 aliphatic rings. The number of benzene rings is 5. The largest absolute Gasteiger partial charge is 0.396 e. The number of hydrogen-bond donors (Lipinski definition) is 1. The van der Waals surface area contributed by atoms with Crippen LogP contribution in [0.4, 0.5) is 0 Å². The van der Waals surface area contributed by atoms with Gasteiger partial charge in [0.25, 0.3) is 10.1 Å². The van der Waals surface area contributed by atoms with Crippen LogP contribution in [0.2, 0.25) is 0 Å². The van der Waals surface area contributed by atoms with Crippen LogP contribution in [-0.2, 0) is 67.1 Å². The van der Waals surface area contributed by atoms with Crippen LogP contribution in [0.15, 0.2) is 148 Å². The summed E-state index contributed by atoms with van der Waals surface area (Å²) < 4.78 is 91.8. The van der Waals surface area contributed by atoms with E-state index in [0.717, 1.165) is 27.8 Å². The first-order valence-electron chi connectivity index (χ1n) is 18.2. The van der Waals surface area contributed by atoms with Crippen LogP contribution in [-0.4, -0.2) is 81.5 Å². The third kappa shape index (κ3) is 9.83.